The number of amides is 1. The van der Waals surface area contributed by atoms with Crippen molar-refractivity contribution in [1.29, 1.82) is 0 Å². The van der Waals surface area contributed by atoms with Crippen molar-refractivity contribution in [2.45, 2.75) is 12.6 Å². The van der Waals surface area contributed by atoms with Crippen LogP contribution in [0.2, 0.25) is 0 Å². The maximum Gasteiger partial charge on any atom is 0.261 e. The first-order chi connectivity index (χ1) is 15.2. The normalized spacial score (nSPS) is 12.1. The fourth-order valence-electron chi connectivity index (χ4n) is 3.69. The van der Waals surface area contributed by atoms with Gasteiger partial charge in [-0.2, -0.15) is 0 Å². The van der Waals surface area contributed by atoms with Crippen LogP contribution in [0.15, 0.2) is 100 Å². The monoisotopic (exact) mass is 409 g/mol. The standard InChI is InChI=1S/C25H19N3O3/c29-23(15-28-16-26-20-12-6-5-11-19(20)25(28)30)27-24(17-8-2-1-3-9-17)22-14-18-10-4-7-13-21(18)31-22/h1-14,16,24H,15H2,(H,27,29). The lowest BCUT2D eigenvalue weighted by Crippen LogP contribution is -2.35. The Kier molecular flexibility index (Phi) is 4.80. The molecule has 2 aromatic heterocycles. The van der Waals surface area contributed by atoms with E-state index in [9.17, 15) is 9.59 Å². The van der Waals surface area contributed by atoms with Gasteiger partial charge < -0.3 is 9.73 Å². The molecule has 0 saturated carbocycles. The van der Waals surface area contributed by atoms with Gasteiger partial charge in [-0.25, -0.2) is 4.98 Å². The molecule has 0 aliphatic carbocycles. The predicted molar refractivity (Wildman–Crippen MR) is 119 cm³/mol. The summed E-state index contributed by atoms with van der Waals surface area (Å²) in [6.45, 7) is -0.139. The molecule has 1 atom stereocenters. The fourth-order valence-corrected chi connectivity index (χ4v) is 3.69. The summed E-state index contributed by atoms with van der Waals surface area (Å²) in [6, 6.07) is 25.8. The predicted octanol–water partition coefficient (Wildman–Crippen LogP) is 4.05. The summed E-state index contributed by atoms with van der Waals surface area (Å²) in [6.07, 6.45) is 1.41. The van der Waals surface area contributed by atoms with Crippen LogP contribution in [0.25, 0.3) is 21.9 Å². The smallest absolute Gasteiger partial charge is 0.261 e. The lowest BCUT2D eigenvalue weighted by molar-refractivity contribution is -0.122. The minimum Gasteiger partial charge on any atom is -0.459 e. The molecule has 31 heavy (non-hydrogen) atoms. The molecule has 1 N–H and O–H groups in total. The average Bonchev–Trinajstić information content (AvgIpc) is 3.24. The van der Waals surface area contributed by atoms with E-state index in [0.717, 1.165) is 16.5 Å². The molecule has 1 unspecified atom stereocenters. The Labute approximate surface area is 177 Å². The van der Waals surface area contributed by atoms with Crippen LogP contribution in [0.1, 0.15) is 17.4 Å². The number of carbonyl (C=O) groups excluding carboxylic acids is 1. The van der Waals surface area contributed by atoms with Gasteiger partial charge in [0, 0.05) is 5.39 Å². The number of benzene rings is 3. The Morgan fingerprint density at radius 2 is 1.71 bits per heavy atom. The lowest BCUT2D eigenvalue weighted by atomic mass is 10.0. The Hall–Kier alpha value is -4.19. The van der Waals surface area contributed by atoms with Crippen molar-refractivity contribution in [3.05, 3.63) is 113 Å². The first-order valence-corrected chi connectivity index (χ1v) is 9.96. The molecule has 0 radical (unpaired) electrons. The van der Waals surface area contributed by atoms with E-state index in [0.29, 0.717) is 16.7 Å². The van der Waals surface area contributed by atoms with E-state index < -0.39 is 6.04 Å². The molecule has 5 rings (SSSR count). The average molecular weight is 409 g/mol. The lowest BCUT2D eigenvalue weighted by Gasteiger charge is -2.17. The van der Waals surface area contributed by atoms with Crippen molar-refractivity contribution >= 4 is 27.8 Å². The van der Waals surface area contributed by atoms with Crippen LogP contribution in [0.3, 0.4) is 0 Å². The van der Waals surface area contributed by atoms with Gasteiger partial charge in [0.1, 0.15) is 23.9 Å². The van der Waals surface area contributed by atoms with Crippen LogP contribution in [-0.2, 0) is 11.3 Å². The van der Waals surface area contributed by atoms with Crippen LogP contribution in [0.4, 0.5) is 0 Å². The van der Waals surface area contributed by atoms with Gasteiger partial charge in [0.2, 0.25) is 5.91 Å². The molecule has 6 heteroatoms. The summed E-state index contributed by atoms with van der Waals surface area (Å²) in [7, 11) is 0. The largest absolute Gasteiger partial charge is 0.459 e. The van der Waals surface area contributed by atoms with E-state index in [-0.39, 0.29) is 18.0 Å². The molecule has 2 heterocycles. The van der Waals surface area contributed by atoms with Gasteiger partial charge in [-0.1, -0.05) is 60.7 Å². The highest BCUT2D eigenvalue weighted by Gasteiger charge is 2.21. The summed E-state index contributed by atoms with van der Waals surface area (Å²) in [5.41, 5.74) is 2.00. The minimum absolute atomic E-state index is 0.139. The van der Waals surface area contributed by atoms with Gasteiger partial charge in [-0.15, -0.1) is 0 Å². The number of para-hydroxylation sites is 2. The van der Waals surface area contributed by atoms with E-state index in [1.54, 1.807) is 18.2 Å². The molecule has 5 aromatic rings. The molecular formula is C25H19N3O3. The van der Waals surface area contributed by atoms with Gasteiger partial charge in [0.25, 0.3) is 5.56 Å². The second-order valence-corrected chi connectivity index (χ2v) is 7.29. The van der Waals surface area contributed by atoms with Crippen molar-refractivity contribution in [3.63, 3.8) is 0 Å². The molecule has 1 amide bonds. The molecule has 0 bridgehead atoms. The quantitative estimate of drug-likeness (QED) is 0.475. The van der Waals surface area contributed by atoms with Crippen molar-refractivity contribution in [1.82, 2.24) is 14.9 Å². The van der Waals surface area contributed by atoms with Crippen LogP contribution in [0, 0.1) is 0 Å². The number of carbonyl (C=O) groups is 1. The first-order valence-electron chi connectivity index (χ1n) is 9.96. The van der Waals surface area contributed by atoms with Crippen LogP contribution < -0.4 is 10.9 Å². The number of aromatic nitrogens is 2. The third-order valence-electron chi connectivity index (χ3n) is 5.21. The van der Waals surface area contributed by atoms with Gasteiger partial charge in [-0.05, 0) is 29.8 Å². The second kappa shape index (κ2) is 7.91. The topological polar surface area (TPSA) is 77.1 Å². The van der Waals surface area contributed by atoms with Crippen molar-refractivity contribution in [2.75, 3.05) is 0 Å². The third kappa shape index (κ3) is 3.71. The summed E-state index contributed by atoms with van der Waals surface area (Å²) in [4.78, 5) is 29.9. The molecular weight excluding hydrogens is 390 g/mol. The fraction of sp³-hybridized carbons (Fsp3) is 0.0800. The Bertz CT molecular complexity index is 1400. The molecule has 6 nitrogen and oxygen atoms in total. The molecule has 0 aliphatic heterocycles. The maximum atomic E-state index is 12.9. The van der Waals surface area contributed by atoms with E-state index in [1.165, 1.54) is 10.9 Å². The number of nitrogens with zero attached hydrogens (tertiary/aromatic N) is 2. The van der Waals surface area contributed by atoms with Crippen molar-refractivity contribution in [2.24, 2.45) is 0 Å². The van der Waals surface area contributed by atoms with Gasteiger partial charge in [0.15, 0.2) is 0 Å². The van der Waals surface area contributed by atoms with E-state index in [4.69, 9.17) is 4.42 Å². The number of hydrogen-bond acceptors (Lipinski definition) is 4. The second-order valence-electron chi connectivity index (χ2n) is 7.29. The van der Waals surface area contributed by atoms with Crippen LogP contribution in [0.5, 0.6) is 0 Å². The van der Waals surface area contributed by atoms with Crippen LogP contribution in [-0.4, -0.2) is 15.5 Å². The molecule has 0 saturated heterocycles. The number of furan rings is 1. The molecule has 0 spiro atoms. The van der Waals surface area contributed by atoms with Gasteiger partial charge in [-0.3, -0.25) is 14.2 Å². The number of fused-ring (bicyclic) bond motifs is 2. The number of rotatable bonds is 5. The zero-order valence-corrected chi connectivity index (χ0v) is 16.6. The highest BCUT2D eigenvalue weighted by atomic mass is 16.3. The highest BCUT2D eigenvalue weighted by Crippen LogP contribution is 2.28. The third-order valence-corrected chi connectivity index (χ3v) is 5.21. The molecule has 152 valence electrons. The Balaban J connectivity index is 1.46. The zero-order valence-electron chi connectivity index (χ0n) is 16.6. The summed E-state index contributed by atoms with van der Waals surface area (Å²) in [5.74, 6) is 0.318. The first kappa shape index (κ1) is 18.8. The molecule has 0 aliphatic rings. The number of nitrogens with one attached hydrogen (secondary N) is 1. The van der Waals surface area contributed by atoms with Gasteiger partial charge >= 0.3 is 0 Å². The Morgan fingerprint density at radius 1 is 0.968 bits per heavy atom. The molecule has 3 aromatic carbocycles. The highest BCUT2D eigenvalue weighted by molar-refractivity contribution is 5.80. The SMILES string of the molecule is O=C(Cn1cnc2ccccc2c1=O)NC(c1ccccc1)c1cc2ccccc2o1. The minimum atomic E-state index is -0.481. The Morgan fingerprint density at radius 3 is 2.55 bits per heavy atom. The number of hydrogen-bond donors (Lipinski definition) is 1. The van der Waals surface area contributed by atoms with E-state index in [2.05, 4.69) is 10.3 Å². The van der Waals surface area contributed by atoms with Crippen molar-refractivity contribution < 1.29 is 9.21 Å². The van der Waals surface area contributed by atoms with Gasteiger partial charge in [0.05, 0.1) is 17.2 Å². The van der Waals surface area contributed by atoms with Crippen LogP contribution >= 0.6 is 0 Å². The summed E-state index contributed by atoms with van der Waals surface area (Å²) in [5, 5.41) is 4.46. The summed E-state index contributed by atoms with van der Waals surface area (Å²) >= 11 is 0. The summed E-state index contributed by atoms with van der Waals surface area (Å²) < 4.78 is 7.34. The maximum absolute atomic E-state index is 12.9. The van der Waals surface area contributed by atoms with E-state index in [1.807, 2.05) is 66.7 Å². The molecule has 0 fully saturated rings. The van der Waals surface area contributed by atoms with E-state index >= 15 is 0 Å². The zero-order chi connectivity index (χ0) is 21.2. The van der Waals surface area contributed by atoms with Crippen molar-refractivity contribution in [3.8, 4) is 0 Å².